The van der Waals surface area contributed by atoms with E-state index in [0.717, 1.165) is 44.7 Å². The molecule has 0 bridgehead atoms. The maximum Gasteiger partial charge on any atom is 0.253 e. The van der Waals surface area contributed by atoms with Crippen molar-refractivity contribution in [2.75, 3.05) is 50.7 Å². The molecule has 0 aliphatic carbocycles. The third-order valence-corrected chi connectivity index (χ3v) is 9.27. The fourth-order valence-corrected chi connectivity index (χ4v) is 6.76. The van der Waals surface area contributed by atoms with Crippen LogP contribution < -0.4 is 10.2 Å². The summed E-state index contributed by atoms with van der Waals surface area (Å²) in [5.74, 6) is -0.219. The number of nitrogens with zero attached hydrogens (tertiary/aromatic N) is 3. The van der Waals surface area contributed by atoms with E-state index in [9.17, 15) is 13.2 Å². The zero-order valence-corrected chi connectivity index (χ0v) is 21.8. The van der Waals surface area contributed by atoms with E-state index in [0.29, 0.717) is 25.2 Å². The first-order valence-corrected chi connectivity index (χ1v) is 14.4. The van der Waals surface area contributed by atoms with Crippen LogP contribution in [0.5, 0.6) is 0 Å². The van der Waals surface area contributed by atoms with E-state index in [1.807, 2.05) is 38.1 Å². The molecule has 2 heterocycles. The Labute approximate surface area is 210 Å². The van der Waals surface area contributed by atoms with Crippen LogP contribution in [0.25, 0.3) is 0 Å². The van der Waals surface area contributed by atoms with Crippen LogP contribution in [0.1, 0.15) is 61.5 Å². The summed E-state index contributed by atoms with van der Waals surface area (Å²) >= 11 is 0. The van der Waals surface area contributed by atoms with E-state index in [-0.39, 0.29) is 16.8 Å². The van der Waals surface area contributed by atoms with Crippen LogP contribution in [-0.2, 0) is 10.0 Å². The van der Waals surface area contributed by atoms with Gasteiger partial charge in [-0.15, -0.1) is 0 Å². The maximum atomic E-state index is 13.6. The average Bonchev–Trinajstić information content (AvgIpc) is 3.60. The largest absolute Gasteiger partial charge is 0.371 e. The van der Waals surface area contributed by atoms with Crippen LogP contribution in [-0.4, -0.2) is 69.3 Å². The van der Waals surface area contributed by atoms with Gasteiger partial charge in [-0.25, -0.2) is 8.42 Å². The van der Waals surface area contributed by atoms with Crippen molar-refractivity contribution in [3.05, 3.63) is 59.7 Å². The second-order valence-corrected chi connectivity index (χ2v) is 11.3. The minimum atomic E-state index is -3.66. The molecule has 0 spiro atoms. The third kappa shape index (κ3) is 5.71. The molecule has 1 N–H and O–H groups in total. The van der Waals surface area contributed by atoms with Gasteiger partial charge in [0.05, 0.1) is 16.5 Å². The molecule has 7 nitrogen and oxygen atoms in total. The smallest absolute Gasteiger partial charge is 0.253 e. The number of hydrogen-bond donors (Lipinski definition) is 1. The number of nitrogens with one attached hydrogen (secondary N) is 1. The summed E-state index contributed by atoms with van der Waals surface area (Å²) in [4.78, 5) is 18.4. The molecule has 2 fully saturated rings. The van der Waals surface area contributed by atoms with E-state index < -0.39 is 10.0 Å². The summed E-state index contributed by atoms with van der Waals surface area (Å²) in [5.41, 5.74) is 2.44. The van der Waals surface area contributed by atoms with Gasteiger partial charge in [0, 0.05) is 38.4 Å². The van der Waals surface area contributed by atoms with Gasteiger partial charge in [0.1, 0.15) is 0 Å². The maximum absolute atomic E-state index is 13.6. The number of benzene rings is 2. The van der Waals surface area contributed by atoms with E-state index in [2.05, 4.69) is 27.2 Å². The first-order valence-electron chi connectivity index (χ1n) is 12.9. The number of hydrogen-bond acceptors (Lipinski definition) is 5. The molecule has 2 aliphatic heterocycles. The summed E-state index contributed by atoms with van der Waals surface area (Å²) < 4.78 is 27.8. The molecule has 0 radical (unpaired) electrons. The molecule has 4 rings (SSSR count). The number of amides is 1. The second-order valence-electron chi connectivity index (χ2n) is 9.34. The summed E-state index contributed by atoms with van der Waals surface area (Å²) in [6.07, 6.45) is 4.49. The normalized spacial score (nSPS) is 17.7. The fraction of sp³-hybridized carbons (Fsp3) is 0.519. The van der Waals surface area contributed by atoms with Gasteiger partial charge in [0.2, 0.25) is 10.0 Å². The molecule has 2 aromatic carbocycles. The van der Waals surface area contributed by atoms with Gasteiger partial charge >= 0.3 is 0 Å². The van der Waals surface area contributed by atoms with Gasteiger partial charge in [-0.05, 0) is 62.5 Å². The number of likely N-dealkylation sites (tertiary alicyclic amines) is 1. The lowest BCUT2D eigenvalue weighted by atomic mass is 10.0. The molecule has 8 heteroatoms. The van der Waals surface area contributed by atoms with Crippen molar-refractivity contribution >= 4 is 21.6 Å². The van der Waals surface area contributed by atoms with Gasteiger partial charge < -0.3 is 10.2 Å². The number of rotatable bonds is 10. The number of carbonyl (C=O) groups is 1. The monoisotopic (exact) mass is 498 g/mol. The van der Waals surface area contributed by atoms with Crippen molar-refractivity contribution in [3.8, 4) is 0 Å². The van der Waals surface area contributed by atoms with Gasteiger partial charge in [0.25, 0.3) is 5.91 Å². The number of anilines is 1. The van der Waals surface area contributed by atoms with Crippen LogP contribution in [0.2, 0.25) is 0 Å². The Hall–Kier alpha value is -2.42. The lowest BCUT2D eigenvalue weighted by Gasteiger charge is -2.29. The predicted molar refractivity (Wildman–Crippen MR) is 140 cm³/mol. The SMILES string of the molecule is CCN(CC)S(=O)(=O)c1ccc(N2CCCC2)c(C(=O)NCC(c2ccccc2)N2CCCC2)c1. The van der Waals surface area contributed by atoms with Crippen LogP contribution in [0.15, 0.2) is 53.4 Å². The first-order chi connectivity index (χ1) is 17.0. The highest BCUT2D eigenvalue weighted by Gasteiger charge is 2.28. The fourth-order valence-electron chi connectivity index (χ4n) is 5.27. The average molecular weight is 499 g/mol. The van der Waals surface area contributed by atoms with Gasteiger partial charge in [-0.3, -0.25) is 9.69 Å². The summed E-state index contributed by atoms with van der Waals surface area (Å²) in [6.45, 7) is 8.72. The van der Waals surface area contributed by atoms with Crippen LogP contribution >= 0.6 is 0 Å². The highest BCUT2D eigenvalue weighted by atomic mass is 32.2. The van der Waals surface area contributed by atoms with Crippen molar-refractivity contribution < 1.29 is 13.2 Å². The van der Waals surface area contributed by atoms with Gasteiger partial charge in [-0.1, -0.05) is 44.2 Å². The van der Waals surface area contributed by atoms with Crippen LogP contribution in [0.4, 0.5) is 5.69 Å². The van der Waals surface area contributed by atoms with Crippen molar-refractivity contribution in [3.63, 3.8) is 0 Å². The van der Waals surface area contributed by atoms with E-state index in [4.69, 9.17) is 0 Å². The van der Waals surface area contributed by atoms with Crippen molar-refractivity contribution in [1.82, 2.24) is 14.5 Å². The van der Waals surface area contributed by atoms with Crippen molar-refractivity contribution in [1.29, 1.82) is 0 Å². The zero-order valence-electron chi connectivity index (χ0n) is 20.9. The Morgan fingerprint density at radius 3 is 2.20 bits per heavy atom. The second kappa shape index (κ2) is 11.5. The van der Waals surface area contributed by atoms with Gasteiger partial charge in [-0.2, -0.15) is 4.31 Å². The van der Waals surface area contributed by atoms with E-state index >= 15 is 0 Å². The molecule has 1 atom stereocenters. The first kappa shape index (κ1) is 25.7. The van der Waals surface area contributed by atoms with Crippen LogP contribution in [0.3, 0.4) is 0 Å². The number of sulfonamides is 1. The number of carbonyl (C=O) groups excluding carboxylic acids is 1. The topological polar surface area (TPSA) is 73.0 Å². The molecular weight excluding hydrogens is 460 g/mol. The van der Waals surface area contributed by atoms with Crippen molar-refractivity contribution in [2.24, 2.45) is 0 Å². The Morgan fingerprint density at radius 1 is 0.943 bits per heavy atom. The Balaban J connectivity index is 1.62. The van der Waals surface area contributed by atoms with Gasteiger partial charge in [0.15, 0.2) is 0 Å². The Morgan fingerprint density at radius 2 is 1.57 bits per heavy atom. The minimum Gasteiger partial charge on any atom is -0.371 e. The molecular formula is C27H38N4O3S. The standard InChI is InChI=1S/C27H38N4O3S/c1-3-31(4-2)35(33,34)23-14-15-25(29-16-8-9-17-29)24(20-23)27(32)28-21-26(30-18-10-11-19-30)22-12-6-5-7-13-22/h5-7,12-15,20,26H,3-4,8-11,16-19,21H2,1-2H3,(H,28,32). The lowest BCUT2D eigenvalue weighted by Crippen LogP contribution is -2.37. The molecule has 1 unspecified atom stereocenters. The molecule has 2 aromatic rings. The van der Waals surface area contributed by atoms with E-state index in [1.54, 1.807) is 12.1 Å². The predicted octanol–water partition coefficient (Wildman–Crippen LogP) is 3.88. The molecule has 0 aromatic heterocycles. The molecule has 2 aliphatic rings. The molecule has 190 valence electrons. The highest BCUT2D eigenvalue weighted by molar-refractivity contribution is 7.89. The summed E-state index contributed by atoms with van der Waals surface area (Å²) in [5, 5.41) is 3.16. The molecule has 35 heavy (non-hydrogen) atoms. The van der Waals surface area contributed by atoms with E-state index in [1.165, 1.54) is 22.7 Å². The summed E-state index contributed by atoms with van der Waals surface area (Å²) in [6, 6.07) is 15.4. The molecule has 0 saturated carbocycles. The van der Waals surface area contributed by atoms with Crippen molar-refractivity contribution in [2.45, 2.75) is 50.5 Å². The Kier molecular flexibility index (Phi) is 8.46. The third-order valence-electron chi connectivity index (χ3n) is 7.22. The molecule has 2 saturated heterocycles. The summed E-state index contributed by atoms with van der Waals surface area (Å²) in [7, 11) is -3.66. The quantitative estimate of drug-likeness (QED) is 0.538. The van der Waals surface area contributed by atoms with Crippen LogP contribution in [0, 0.1) is 0 Å². The Bertz CT molecular complexity index is 1090. The molecule has 1 amide bonds. The zero-order chi connectivity index (χ0) is 24.8. The highest BCUT2D eigenvalue weighted by Crippen LogP contribution is 2.29. The lowest BCUT2D eigenvalue weighted by molar-refractivity contribution is 0.0938. The minimum absolute atomic E-state index is 0.0977.